The van der Waals surface area contributed by atoms with Crippen molar-refractivity contribution in [2.24, 2.45) is 11.1 Å². The lowest BCUT2D eigenvalue weighted by molar-refractivity contribution is -0.334. The molecule has 1 fully saturated rings. The molecule has 1 aliphatic rings. The number of aliphatic hydroxyl groups is 2. The van der Waals surface area contributed by atoms with Crippen molar-refractivity contribution in [3.05, 3.63) is 0 Å². The maximum absolute atomic E-state index is 10.9. The molecule has 4 nitrogen and oxygen atoms in total. The molecule has 0 saturated carbocycles. The SMILES string of the molecule is CC1(C)OC(C)(CO)C(C)(C)C(C)(O)C1(C)N. The van der Waals surface area contributed by atoms with E-state index in [0.29, 0.717) is 0 Å². The van der Waals surface area contributed by atoms with Crippen LogP contribution in [-0.2, 0) is 4.74 Å². The highest BCUT2D eigenvalue weighted by molar-refractivity contribution is 5.22. The zero-order chi connectivity index (χ0) is 13.9. The van der Waals surface area contributed by atoms with E-state index in [2.05, 4.69) is 0 Å². The van der Waals surface area contributed by atoms with Crippen LogP contribution in [0.5, 0.6) is 0 Å². The van der Waals surface area contributed by atoms with Crippen LogP contribution in [0.15, 0.2) is 0 Å². The van der Waals surface area contributed by atoms with E-state index in [0.717, 1.165) is 0 Å². The lowest BCUT2D eigenvalue weighted by atomic mass is 9.52. The highest BCUT2D eigenvalue weighted by atomic mass is 16.5. The lowest BCUT2D eigenvalue weighted by Crippen LogP contribution is -2.82. The summed E-state index contributed by atoms with van der Waals surface area (Å²) in [5.41, 5.74) is 2.00. The zero-order valence-electron chi connectivity index (χ0n) is 12.1. The second-order valence-electron chi connectivity index (χ2n) is 6.90. The summed E-state index contributed by atoms with van der Waals surface area (Å²) in [7, 11) is 0. The molecule has 0 spiro atoms. The highest BCUT2D eigenvalue weighted by Gasteiger charge is 2.69. The Morgan fingerprint density at radius 3 is 1.76 bits per heavy atom. The van der Waals surface area contributed by atoms with Gasteiger partial charge in [0.25, 0.3) is 0 Å². The van der Waals surface area contributed by atoms with Crippen molar-refractivity contribution in [3.8, 4) is 0 Å². The Morgan fingerprint density at radius 1 is 1.00 bits per heavy atom. The molecule has 0 aromatic rings. The summed E-state index contributed by atoms with van der Waals surface area (Å²) in [4.78, 5) is 0. The van der Waals surface area contributed by atoms with Gasteiger partial charge in [0, 0.05) is 5.41 Å². The molecule has 1 aliphatic heterocycles. The summed E-state index contributed by atoms with van der Waals surface area (Å²) in [5, 5.41) is 20.6. The summed E-state index contributed by atoms with van der Waals surface area (Å²) in [6.07, 6.45) is 0. The fourth-order valence-corrected chi connectivity index (χ4v) is 2.78. The van der Waals surface area contributed by atoms with Gasteiger partial charge in [-0.1, -0.05) is 13.8 Å². The molecule has 1 rings (SSSR count). The minimum absolute atomic E-state index is 0.157. The summed E-state index contributed by atoms with van der Waals surface area (Å²) < 4.78 is 6.04. The number of hydrogen-bond donors (Lipinski definition) is 3. The Labute approximate surface area is 104 Å². The second kappa shape index (κ2) is 3.44. The third-order valence-corrected chi connectivity index (χ3v) is 5.58. The maximum atomic E-state index is 10.9. The van der Waals surface area contributed by atoms with E-state index in [4.69, 9.17) is 10.5 Å². The number of hydrogen-bond acceptors (Lipinski definition) is 4. The largest absolute Gasteiger partial charge is 0.393 e. The van der Waals surface area contributed by atoms with Crippen LogP contribution < -0.4 is 5.73 Å². The summed E-state index contributed by atoms with van der Waals surface area (Å²) in [6.45, 7) is 12.6. The van der Waals surface area contributed by atoms with Crippen LogP contribution in [0, 0.1) is 5.41 Å². The van der Waals surface area contributed by atoms with Crippen molar-refractivity contribution in [3.63, 3.8) is 0 Å². The van der Waals surface area contributed by atoms with Crippen LogP contribution in [0.4, 0.5) is 0 Å². The molecule has 4 heteroatoms. The van der Waals surface area contributed by atoms with Crippen molar-refractivity contribution in [1.82, 2.24) is 0 Å². The Balaban J connectivity index is 3.46. The van der Waals surface area contributed by atoms with Gasteiger partial charge in [0.1, 0.15) is 0 Å². The first-order valence-corrected chi connectivity index (χ1v) is 6.09. The van der Waals surface area contributed by atoms with Crippen molar-refractivity contribution in [2.75, 3.05) is 6.61 Å². The third-order valence-electron chi connectivity index (χ3n) is 5.58. The first-order valence-electron chi connectivity index (χ1n) is 6.09. The van der Waals surface area contributed by atoms with E-state index in [1.807, 2.05) is 34.6 Å². The predicted octanol–water partition coefficient (Wildman–Crippen LogP) is 1.04. The number of ether oxygens (including phenoxy) is 1. The van der Waals surface area contributed by atoms with Crippen molar-refractivity contribution in [2.45, 2.75) is 70.8 Å². The van der Waals surface area contributed by atoms with Gasteiger partial charge in [-0.25, -0.2) is 0 Å². The van der Waals surface area contributed by atoms with Gasteiger partial charge in [-0.15, -0.1) is 0 Å². The van der Waals surface area contributed by atoms with Crippen LogP contribution >= 0.6 is 0 Å². The molecule has 102 valence electrons. The quantitative estimate of drug-likeness (QED) is 0.645. The molecule has 0 bridgehead atoms. The third kappa shape index (κ3) is 1.51. The van der Waals surface area contributed by atoms with E-state index in [1.165, 1.54) is 0 Å². The predicted molar refractivity (Wildman–Crippen MR) is 67.7 cm³/mol. The summed E-state index contributed by atoms with van der Waals surface area (Å²) in [5.74, 6) is 0. The van der Waals surface area contributed by atoms with Crippen molar-refractivity contribution >= 4 is 0 Å². The number of aliphatic hydroxyl groups excluding tert-OH is 1. The number of rotatable bonds is 1. The van der Waals surface area contributed by atoms with Gasteiger partial charge in [-0.2, -0.15) is 0 Å². The van der Waals surface area contributed by atoms with Crippen molar-refractivity contribution in [1.29, 1.82) is 0 Å². The topological polar surface area (TPSA) is 75.7 Å². The van der Waals surface area contributed by atoms with Crippen LogP contribution in [0.25, 0.3) is 0 Å². The molecular weight excluding hydrogens is 218 g/mol. The molecule has 0 radical (unpaired) electrons. The van der Waals surface area contributed by atoms with Crippen LogP contribution in [0.1, 0.15) is 48.5 Å². The standard InChI is InChI=1S/C13H27NO3/c1-9(2)11(5,8-15)17-10(3,4)12(6,14)13(9,7)16/h15-16H,8,14H2,1-7H3. The molecule has 0 aliphatic carbocycles. The van der Waals surface area contributed by atoms with E-state index in [9.17, 15) is 10.2 Å². The van der Waals surface area contributed by atoms with E-state index in [1.54, 1.807) is 13.8 Å². The van der Waals surface area contributed by atoms with E-state index >= 15 is 0 Å². The van der Waals surface area contributed by atoms with E-state index < -0.39 is 27.8 Å². The maximum Gasteiger partial charge on any atom is 0.0970 e. The van der Waals surface area contributed by atoms with Crippen molar-refractivity contribution < 1.29 is 14.9 Å². The van der Waals surface area contributed by atoms with Gasteiger partial charge in [0.15, 0.2) is 0 Å². The molecule has 1 saturated heterocycles. The molecule has 0 aromatic heterocycles. The van der Waals surface area contributed by atoms with Gasteiger partial charge < -0.3 is 20.7 Å². The fourth-order valence-electron chi connectivity index (χ4n) is 2.78. The highest BCUT2D eigenvalue weighted by Crippen LogP contribution is 2.56. The Kier molecular flexibility index (Phi) is 3.02. The molecule has 1 heterocycles. The zero-order valence-corrected chi connectivity index (χ0v) is 12.1. The van der Waals surface area contributed by atoms with Gasteiger partial charge in [-0.05, 0) is 34.6 Å². The first-order chi connectivity index (χ1) is 7.27. The van der Waals surface area contributed by atoms with Gasteiger partial charge >= 0.3 is 0 Å². The van der Waals surface area contributed by atoms with Crippen LogP contribution in [0.3, 0.4) is 0 Å². The minimum Gasteiger partial charge on any atom is -0.393 e. The Morgan fingerprint density at radius 2 is 1.41 bits per heavy atom. The second-order valence-corrected chi connectivity index (χ2v) is 6.90. The van der Waals surface area contributed by atoms with E-state index in [-0.39, 0.29) is 6.61 Å². The minimum atomic E-state index is -1.17. The summed E-state index contributed by atoms with van der Waals surface area (Å²) >= 11 is 0. The molecule has 0 amide bonds. The van der Waals surface area contributed by atoms with Gasteiger partial charge in [0.2, 0.25) is 0 Å². The smallest absolute Gasteiger partial charge is 0.0970 e. The van der Waals surface area contributed by atoms with Gasteiger partial charge in [0.05, 0.1) is 28.9 Å². The summed E-state index contributed by atoms with van der Waals surface area (Å²) in [6, 6.07) is 0. The molecule has 0 aromatic carbocycles. The Hall–Kier alpha value is -0.160. The lowest BCUT2D eigenvalue weighted by Gasteiger charge is -2.67. The monoisotopic (exact) mass is 245 g/mol. The Bertz CT molecular complexity index is 321. The van der Waals surface area contributed by atoms with Gasteiger partial charge in [-0.3, -0.25) is 0 Å². The average Bonchev–Trinajstić information content (AvgIpc) is 2.14. The van der Waals surface area contributed by atoms with Crippen LogP contribution in [-0.4, -0.2) is 39.2 Å². The number of nitrogens with two attached hydrogens (primary N) is 1. The molecular formula is C13H27NO3. The first kappa shape index (κ1) is 14.9. The normalized spacial score (nSPS) is 49.1. The molecule has 4 N–H and O–H groups in total. The van der Waals surface area contributed by atoms with Crippen LogP contribution in [0.2, 0.25) is 0 Å². The molecule has 3 atom stereocenters. The molecule has 3 unspecified atom stereocenters. The average molecular weight is 245 g/mol. The fraction of sp³-hybridized carbons (Fsp3) is 1.00. The molecule has 17 heavy (non-hydrogen) atoms.